The second-order valence-corrected chi connectivity index (χ2v) is 6.34. The predicted molar refractivity (Wildman–Crippen MR) is 87.7 cm³/mol. The van der Waals surface area contributed by atoms with E-state index >= 15 is 0 Å². The number of benzene rings is 1. The Hall–Kier alpha value is -2.67. The summed E-state index contributed by atoms with van der Waals surface area (Å²) in [6.07, 6.45) is -2.05. The van der Waals surface area contributed by atoms with Crippen LogP contribution in [0.1, 0.15) is 32.6 Å². The van der Waals surface area contributed by atoms with Crippen molar-refractivity contribution in [2.75, 3.05) is 0 Å². The summed E-state index contributed by atoms with van der Waals surface area (Å²) in [4.78, 5) is 27.9. The molecule has 1 aliphatic rings. The first-order valence-corrected chi connectivity index (χ1v) is 7.70. The molecule has 0 aliphatic carbocycles. The third kappa shape index (κ3) is 2.67. The first-order chi connectivity index (χ1) is 11.3. The standard InChI is InChI=1S/C17H19N3O4/c1-9(2)17(3)15(21)19-14(20-17)13-12(24-16(22)23)8-10-6-4-5-7-11(10)18-13/h4-9,14,20H,1-3H3,(H,19,21)(H,22,23). The van der Waals surface area contributed by atoms with Gasteiger partial charge in [0.1, 0.15) is 11.9 Å². The van der Waals surface area contributed by atoms with E-state index in [2.05, 4.69) is 15.6 Å². The number of ether oxygens (including phenoxy) is 1. The lowest BCUT2D eigenvalue weighted by molar-refractivity contribution is -0.125. The number of nitrogens with zero attached hydrogens (tertiary/aromatic N) is 1. The number of fused-ring (bicyclic) bond motifs is 1. The molecule has 3 N–H and O–H groups in total. The van der Waals surface area contributed by atoms with E-state index in [1.807, 2.05) is 45.0 Å². The summed E-state index contributed by atoms with van der Waals surface area (Å²) >= 11 is 0. The van der Waals surface area contributed by atoms with Gasteiger partial charge in [0.25, 0.3) is 0 Å². The zero-order valence-corrected chi connectivity index (χ0v) is 13.7. The van der Waals surface area contributed by atoms with Crippen molar-refractivity contribution in [3.05, 3.63) is 36.0 Å². The molecule has 0 spiro atoms. The van der Waals surface area contributed by atoms with E-state index < -0.39 is 17.9 Å². The van der Waals surface area contributed by atoms with Gasteiger partial charge in [0, 0.05) is 5.39 Å². The lowest BCUT2D eigenvalue weighted by Gasteiger charge is -2.26. The quantitative estimate of drug-likeness (QED) is 0.748. The van der Waals surface area contributed by atoms with E-state index in [-0.39, 0.29) is 17.6 Å². The molecular weight excluding hydrogens is 310 g/mol. The van der Waals surface area contributed by atoms with Crippen LogP contribution in [0.15, 0.2) is 30.3 Å². The number of carbonyl (C=O) groups excluding carboxylic acids is 1. The average Bonchev–Trinajstić information content (AvgIpc) is 2.83. The Morgan fingerprint density at radius 1 is 1.38 bits per heavy atom. The molecule has 2 unspecified atom stereocenters. The fourth-order valence-electron chi connectivity index (χ4n) is 2.74. The Balaban J connectivity index is 2.08. The van der Waals surface area contributed by atoms with Gasteiger partial charge in [0.15, 0.2) is 5.75 Å². The second-order valence-electron chi connectivity index (χ2n) is 6.34. The van der Waals surface area contributed by atoms with E-state index in [9.17, 15) is 9.59 Å². The summed E-state index contributed by atoms with van der Waals surface area (Å²) in [5, 5.41) is 15.8. The highest BCUT2D eigenvalue weighted by molar-refractivity contribution is 5.89. The molecule has 2 atom stereocenters. The van der Waals surface area contributed by atoms with Crippen LogP contribution in [0.5, 0.6) is 5.75 Å². The van der Waals surface area contributed by atoms with Crippen molar-refractivity contribution in [3.8, 4) is 5.75 Å². The highest BCUT2D eigenvalue weighted by Crippen LogP contribution is 2.33. The number of rotatable bonds is 3. The SMILES string of the molecule is CC(C)C1(C)NC(c2nc3ccccc3cc2OC(=O)O)NC1=O. The third-order valence-corrected chi connectivity index (χ3v) is 4.53. The Bertz CT molecular complexity index is 821. The summed E-state index contributed by atoms with van der Waals surface area (Å²) in [6.45, 7) is 5.70. The summed E-state index contributed by atoms with van der Waals surface area (Å²) in [7, 11) is 0. The van der Waals surface area contributed by atoms with E-state index in [4.69, 9.17) is 9.84 Å². The smallest absolute Gasteiger partial charge is 0.449 e. The average molecular weight is 329 g/mol. The van der Waals surface area contributed by atoms with Crippen molar-refractivity contribution in [2.45, 2.75) is 32.5 Å². The van der Waals surface area contributed by atoms with Crippen LogP contribution >= 0.6 is 0 Å². The molecule has 0 bridgehead atoms. The van der Waals surface area contributed by atoms with E-state index in [1.54, 1.807) is 6.07 Å². The maximum atomic E-state index is 12.4. The zero-order valence-electron chi connectivity index (χ0n) is 13.7. The van der Waals surface area contributed by atoms with Crippen LogP contribution in [0.3, 0.4) is 0 Å². The normalized spacial score (nSPS) is 23.5. The van der Waals surface area contributed by atoms with Crippen molar-refractivity contribution in [2.24, 2.45) is 5.92 Å². The largest absolute Gasteiger partial charge is 0.511 e. The fourth-order valence-corrected chi connectivity index (χ4v) is 2.74. The van der Waals surface area contributed by atoms with Gasteiger partial charge in [-0.1, -0.05) is 32.0 Å². The lowest BCUT2D eigenvalue weighted by atomic mass is 9.89. The van der Waals surface area contributed by atoms with Crippen LogP contribution in [-0.2, 0) is 4.79 Å². The predicted octanol–water partition coefficient (Wildman–Crippen LogP) is 2.42. The van der Waals surface area contributed by atoms with Crippen molar-refractivity contribution >= 4 is 23.0 Å². The maximum absolute atomic E-state index is 12.4. The lowest BCUT2D eigenvalue weighted by Crippen LogP contribution is -2.48. The van der Waals surface area contributed by atoms with Crippen LogP contribution in [-0.4, -0.2) is 27.7 Å². The topological polar surface area (TPSA) is 101 Å². The Kier molecular flexibility index (Phi) is 3.88. The first kappa shape index (κ1) is 16.2. The molecule has 126 valence electrons. The van der Waals surface area contributed by atoms with Crippen LogP contribution in [0.4, 0.5) is 4.79 Å². The molecule has 3 rings (SSSR count). The number of para-hydroxylation sites is 1. The molecule has 1 fully saturated rings. The van der Waals surface area contributed by atoms with Crippen molar-refractivity contribution in [1.82, 2.24) is 15.6 Å². The summed E-state index contributed by atoms with van der Waals surface area (Å²) in [5.74, 6) is -0.00228. The van der Waals surface area contributed by atoms with Crippen molar-refractivity contribution in [3.63, 3.8) is 0 Å². The number of hydrogen-bond acceptors (Lipinski definition) is 5. The molecule has 0 saturated carbocycles. The van der Waals surface area contributed by atoms with Gasteiger partial charge in [0.05, 0.1) is 11.1 Å². The molecule has 0 radical (unpaired) electrons. The number of aromatic nitrogens is 1. The summed E-state index contributed by atoms with van der Waals surface area (Å²) in [6, 6.07) is 8.93. The first-order valence-electron chi connectivity index (χ1n) is 7.70. The van der Waals surface area contributed by atoms with Gasteiger partial charge in [-0.05, 0) is 25.0 Å². The highest BCUT2D eigenvalue weighted by atomic mass is 16.7. The Labute approximate surface area is 139 Å². The van der Waals surface area contributed by atoms with Crippen LogP contribution in [0.25, 0.3) is 10.9 Å². The molecule has 7 nitrogen and oxygen atoms in total. The number of pyridine rings is 1. The molecule has 2 heterocycles. The number of carboxylic acid groups (broad SMARTS) is 1. The second kappa shape index (κ2) is 5.76. The van der Waals surface area contributed by atoms with Gasteiger partial charge in [0.2, 0.25) is 5.91 Å². The monoisotopic (exact) mass is 329 g/mol. The van der Waals surface area contributed by atoms with Gasteiger partial charge in [-0.3, -0.25) is 10.1 Å². The number of carbonyl (C=O) groups is 2. The molecule has 1 aliphatic heterocycles. The van der Waals surface area contributed by atoms with E-state index in [0.717, 1.165) is 5.39 Å². The van der Waals surface area contributed by atoms with Crippen LogP contribution in [0.2, 0.25) is 0 Å². The van der Waals surface area contributed by atoms with E-state index in [0.29, 0.717) is 11.2 Å². The molecule has 2 aromatic rings. The summed E-state index contributed by atoms with van der Waals surface area (Å²) < 4.78 is 4.89. The van der Waals surface area contributed by atoms with Crippen LogP contribution < -0.4 is 15.4 Å². The highest BCUT2D eigenvalue weighted by Gasteiger charge is 2.46. The molecule has 1 aromatic carbocycles. The molecule has 24 heavy (non-hydrogen) atoms. The Morgan fingerprint density at radius 2 is 2.08 bits per heavy atom. The Morgan fingerprint density at radius 3 is 2.71 bits per heavy atom. The van der Waals surface area contributed by atoms with Gasteiger partial charge >= 0.3 is 6.16 Å². The van der Waals surface area contributed by atoms with Gasteiger partial charge in [-0.15, -0.1) is 0 Å². The number of nitrogens with one attached hydrogen (secondary N) is 2. The van der Waals surface area contributed by atoms with E-state index in [1.165, 1.54) is 0 Å². The maximum Gasteiger partial charge on any atom is 0.511 e. The molecule has 7 heteroatoms. The van der Waals surface area contributed by atoms with Crippen molar-refractivity contribution < 1.29 is 19.4 Å². The number of amides is 1. The number of hydrogen-bond donors (Lipinski definition) is 3. The minimum Gasteiger partial charge on any atom is -0.449 e. The summed E-state index contributed by atoms with van der Waals surface area (Å²) in [5.41, 5.74) is 0.270. The third-order valence-electron chi connectivity index (χ3n) is 4.53. The molecule has 1 aromatic heterocycles. The minimum absolute atomic E-state index is 0.0480. The molecule has 1 saturated heterocycles. The fraction of sp³-hybridized carbons (Fsp3) is 0.353. The molecule has 1 amide bonds. The van der Waals surface area contributed by atoms with Gasteiger partial charge in [-0.2, -0.15) is 0 Å². The minimum atomic E-state index is -1.43. The van der Waals surface area contributed by atoms with Crippen LogP contribution in [0, 0.1) is 5.92 Å². The zero-order chi connectivity index (χ0) is 17.5. The molecular formula is C17H19N3O4. The van der Waals surface area contributed by atoms with Crippen molar-refractivity contribution in [1.29, 1.82) is 0 Å². The van der Waals surface area contributed by atoms with Gasteiger partial charge < -0.3 is 15.2 Å². The van der Waals surface area contributed by atoms with Gasteiger partial charge in [-0.25, -0.2) is 9.78 Å².